The summed E-state index contributed by atoms with van der Waals surface area (Å²) in [7, 11) is 0. The molecule has 0 spiro atoms. The van der Waals surface area contributed by atoms with Gasteiger partial charge in [-0.3, -0.25) is 0 Å². The first kappa shape index (κ1) is 10.2. The molecule has 13 heavy (non-hydrogen) atoms. The predicted octanol–water partition coefficient (Wildman–Crippen LogP) is 3.67. The van der Waals surface area contributed by atoms with Gasteiger partial charge in [0.2, 0.25) is 0 Å². The highest BCUT2D eigenvalue weighted by molar-refractivity contribution is 5.36. The van der Waals surface area contributed by atoms with E-state index >= 15 is 0 Å². The molecule has 1 atom stereocenters. The van der Waals surface area contributed by atoms with E-state index in [0.29, 0.717) is 0 Å². The third-order valence-corrected chi connectivity index (χ3v) is 2.02. The molecule has 0 heterocycles. The van der Waals surface area contributed by atoms with Crippen LogP contribution in [0.5, 0.6) is 0 Å². The zero-order chi connectivity index (χ0) is 10.4. The molecule has 1 aliphatic rings. The Kier molecular flexibility index (Phi) is 2.21. The van der Waals surface area contributed by atoms with Crippen LogP contribution in [0.2, 0.25) is 0 Å². The molecule has 0 aliphatic heterocycles. The first-order valence-corrected chi connectivity index (χ1v) is 3.55. The van der Waals surface area contributed by atoms with Crippen molar-refractivity contribution in [3.8, 4) is 0 Å². The lowest BCUT2D eigenvalue weighted by molar-refractivity contribution is 0.138. The van der Waals surface area contributed by atoms with E-state index in [0.717, 1.165) is 13.8 Å². The molecule has 0 nitrogen and oxygen atoms in total. The summed E-state index contributed by atoms with van der Waals surface area (Å²) in [5.74, 6) is -7.51. The van der Waals surface area contributed by atoms with Gasteiger partial charge in [0, 0.05) is 0 Å². The third kappa shape index (κ3) is 1.26. The molecule has 0 amide bonds. The number of hydrogen-bond acceptors (Lipinski definition) is 0. The number of alkyl halides is 1. The summed E-state index contributed by atoms with van der Waals surface area (Å²) in [6.45, 7) is 1.91. The number of rotatable bonds is 0. The Morgan fingerprint density at radius 1 is 1.00 bits per heavy atom. The zero-order valence-corrected chi connectivity index (χ0v) is 6.97. The molecule has 0 N–H and O–H groups in total. The summed E-state index contributed by atoms with van der Waals surface area (Å²) in [6, 6.07) is 0. The van der Waals surface area contributed by atoms with E-state index in [1.54, 1.807) is 0 Å². The zero-order valence-electron chi connectivity index (χ0n) is 6.97. The van der Waals surface area contributed by atoms with Crippen molar-refractivity contribution in [1.29, 1.82) is 0 Å². The van der Waals surface area contributed by atoms with Gasteiger partial charge in [0.1, 0.15) is 5.83 Å². The average molecular weight is 198 g/mol. The largest absolute Gasteiger partial charge is 0.239 e. The van der Waals surface area contributed by atoms with Gasteiger partial charge in [0.25, 0.3) is 0 Å². The van der Waals surface area contributed by atoms with Crippen molar-refractivity contribution in [3.63, 3.8) is 0 Å². The van der Waals surface area contributed by atoms with Crippen LogP contribution in [-0.2, 0) is 0 Å². The minimum atomic E-state index is -2.48. The van der Waals surface area contributed by atoms with E-state index in [1.807, 2.05) is 0 Å². The summed E-state index contributed by atoms with van der Waals surface area (Å²) < 4.78 is 63.3. The standard InChI is InChI=1S/C8H7F5/c1-8(2)6(12)4(10)3(9)5(11)7(8)13/h6H,1-2H3. The Bertz CT molecular complexity index is 300. The number of allylic oxidation sites excluding steroid dienone is 4. The van der Waals surface area contributed by atoms with E-state index in [9.17, 15) is 22.0 Å². The number of halogens is 5. The minimum absolute atomic E-state index is 0.957. The molecule has 74 valence electrons. The summed E-state index contributed by atoms with van der Waals surface area (Å²) in [6.07, 6.45) is -2.48. The lowest BCUT2D eigenvalue weighted by atomic mass is 9.82. The van der Waals surface area contributed by atoms with E-state index in [4.69, 9.17) is 0 Å². The van der Waals surface area contributed by atoms with Gasteiger partial charge in [-0.2, -0.15) is 0 Å². The molecular weight excluding hydrogens is 191 g/mol. The van der Waals surface area contributed by atoms with E-state index in [-0.39, 0.29) is 0 Å². The molecule has 1 rings (SSSR count). The van der Waals surface area contributed by atoms with Gasteiger partial charge in [-0.25, -0.2) is 22.0 Å². The van der Waals surface area contributed by atoms with Gasteiger partial charge < -0.3 is 0 Å². The van der Waals surface area contributed by atoms with Crippen LogP contribution in [0.15, 0.2) is 23.3 Å². The topological polar surface area (TPSA) is 0 Å². The second-order valence-corrected chi connectivity index (χ2v) is 3.37. The van der Waals surface area contributed by atoms with E-state index in [2.05, 4.69) is 0 Å². The van der Waals surface area contributed by atoms with Gasteiger partial charge in [-0.15, -0.1) is 0 Å². The molecule has 0 saturated carbocycles. The lowest BCUT2D eigenvalue weighted by Crippen LogP contribution is -2.31. The highest BCUT2D eigenvalue weighted by Gasteiger charge is 2.46. The molecule has 0 bridgehead atoms. The van der Waals surface area contributed by atoms with Gasteiger partial charge in [-0.05, 0) is 0 Å². The fraction of sp³-hybridized carbons (Fsp3) is 0.500. The van der Waals surface area contributed by atoms with Crippen molar-refractivity contribution in [3.05, 3.63) is 23.3 Å². The first-order chi connectivity index (χ1) is 5.80. The van der Waals surface area contributed by atoms with Crippen molar-refractivity contribution in [2.45, 2.75) is 20.0 Å². The van der Waals surface area contributed by atoms with Gasteiger partial charge in [0.05, 0.1) is 5.41 Å². The summed E-state index contributed by atoms with van der Waals surface area (Å²) in [5.41, 5.74) is -1.98. The maximum absolute atomic E-state index is 12.9. The Labute approximate surface area is 71.7 Å². The maximum atomic E-state index is 12.9. The monoisotopic (exact) mass is 198 g/mol. The van der Waals surface area contributed by atoms with Crippen LogP contribution in [0, 0.1) is 5.41 Å². The normalized spacial score (nSPS) is 28.4. The minimum Gasteiger partial charge on any atom is -0.239 e. The van der Waals surface area contributed by atoms with Crippen molar-refractivity contribution in [2.24, 2.45) is 5.41 Å². The first-order valence-electron chi connectivity index (χ1n) is 3.55. The van der Waals surface area contributed by atoms with E-state index < -0.39 is 34.9 Å². The van der Waals surface area contributed by atoms with Crippen LogP contribution in [0.3, 0.4) is 0 Å². The Balaban J connectivity index is 3.32. The quantitative estimate of drug-likeness (QED) is 0.521. The lowest BCUT2D eigenvalue weighted by Gasteiger charge is -2.29. The van der Waals surface area contributed by atoms with Crippen molar-refractivity contribution in [1.82, 2.24) is 0 Å². The Hall–Kier alpha value is -0.870. The molecule has 0 aromatic heterocycles. The fourth-order valence-corrected chi connectivity index (χ4v) is 1.02. The molecule has 1 aliphatic carbocycles. The molecule has 1 unspecified atom stereocenters. The Morgan fingerprint density at radius 2 is 1.46 bits per heavy atom. The Morgan fingerprint density at radius 3 is 1.92 bits per heavy atom. The predicted molar refractivity (Wildman–Crippen MR) is 37.2 cm³/mol. The van der Waals surface area contributed by atoms with Crippen LogP contribution >= 0.6 is 0 Å². The molecule has 0 saturated heterocycles. The van der Waals surface area contributed by atoms with Crippen LogP contribution in [0.4, 0.5) is 22.0 Å². The summed E-state index contributed by atoms with van der Waals surface area (Å²) in [4.78, 5) is 0. The van der Waals surface area contributed by atoms with Gasteiger partial charge in [-0.1, -0.05) is 13.8 Å². The van der Waals surface area contributed by atoms with Gasteiger partial charge in [0.15, 0.2) is 23.7 Å². The maximum Gasteiger partial charge on any atom is 0.196 e. The highest BCUT2D eigenvalue weighted by Crippen LogP contribution is 2.46. The van der Waals surface area contributed by atoms with E-state index in [1.165, 1.54) is 0 Å². The number of hydrogen-bond donors (Lipinski definition) is 0. The third-order valence-electron chi connectivity index (χ3n) is 2.02. The van der Waals surface area contributed by atoms with Crippen LogP contribution in [-0.4, -0.2) is 6.17 Å². The van der Waals surface area contributed by atoms with Crippen molar-refractivity contribution >= 4 is 0 Å². The van der Waals surface area contributed by atoms with Crippen LogP contribution < -0.4 is 0 Å². The second-order valence-electron chi connectivity index (χ2n) is 3.37. The van der Waals surface area contributed by atoms with Gasteiger partial charge >= 0.3 is 0 Å². The highest BCUT2D eigenvalue weighted by atomic mass is 19.2. The van der Waals surface area contributed by atoms with Crippen LogP contribution in [0.25, 0.3) is 0 Å². The second kappa shape index (κ2) is 2.82. The smallest absolute Gasteiger partial charge is 0.196 e. The summed E-state index contributed by atoms with van der Waals surface area (Å²) in [5, 5.41) is 0. The molecule has 0 aromatic carbocycles. The van der Waals surface area contributed by atoms with Crippen molar-refractivity contribution in [2.75, 3.05) is 0 Å². The average Bonchev–Trinajstić information content (AvgIpc) is 2.09. The molecular formula is C8H7F5. The fourth-order valence-electron chi connectivity index (χ4n) is 1.02. The molecule has 0 radical (unpaired) electrons. The molecule has 0 aromatic rings. The van der Waals surface area contributed by atoms with Crippen LogP contribution in [0.1, 0.15) is 13.8 Å². The van der Waals surface area contributed by atoms with Crippen molar-refractivity contribution < 1.29 is 22.0 Å². The summed E-state index contributed by atoms with van der Waals surface area (Å²) >= 11 is 0. The molecule has 0 fully saturated rings. The SMILES string of the molecule is CC1(C)C(F)=C(F)C(F)=C(F)C1F. The molecule has 5 heteroatoms.